The van der Waals surface area contributed by atoms with Gasteiger partial charge < -0.3 is 49.6 Å². The molecule has 4 saturated carbocycles. The Hall–Kier alpha value is -1.91. The van der Waals surface area contributed by atoms with Crippen LogP contribution in [0.2, 0.25) is 0 Å². The summed E-state index contributed by atoms with van der Waals surface area (Å²) in [4.78, 5) is 40.9. The lowest BCUT2D eigenvalue weighted by molar-refractivity contribution is -0.300. The Morgan fingerprint density at radius 1 is 1.04 bits per heavy atom. The zero-order valence-corrected chi connectivity index (χ0v) is 32.4. The maximum atomic E-state index is 13.6. The molecule has 3 aliphatic heterocycles. The van der Waals surface area contributed by atoms with Gasteiger partial charge in [-0.25, -0.2) is 4.79 Å². The van der Waals surface area contributed by atoms with E-state index in [1.54, 1.807) is 13.8 Å². The number of hydrogen-bond acceptors (Lipinski definition) is 14. The molecular formula is C39H61NO13. The van der Waals surface area contributed by atoms with E-state index < -0.39 is 118 Å². The van der Waals surface area contributed by atoms with Crippen molar-refractivity contribution in [3.63, 3.8) is 0 Å². The Bertz CT molecular complexity index is 1500. The van der Waals surface area contributed by atoms with Crippen LogP contribution in [0.15, 0.2) is 0 Å². The normalized spacial score (nSPS) is 52.1. The van der Waals surface area contributed by atoms with Crippen molar-refractivity contribution in [1.29, 1.82) is 0 Å². The predicted octanol–water partition coefficient (Wildman–Crippen LogP) is 1.04. The molecule has 14 nitrogen and oxygen atoms in total. The molecule has 7 fully saturated rings. The molecule has 0 radical (unpaired) electrons. The summed E-state index contributed by atoms with van der Waals surface area (Å²) in [5.74, 6) is -8.65. The maximum Gasteiger partial charge on any atom is 0.342 e. The van der Waals surface area contributed by atoms with Gasteiger partial charge in [-0.15, -0.1) is 0 Å². The topological polar surface area (TPSA) is 213 Å². The first kappa shape index (κ1) is 39.3. The highest BCUT2D eigenvalue weighted by molar-refractivity contribution is 5.80. The number of aliphatic hydroxyl groups excluding tert-OH is 2. The fraction of sp³-hybridized carbons (Fsp3) is 0.923. The van der Waals surface area contributed by atoms with Crippen LogP contribution >= 0.6 is 0 Å². The molecule has 7 rings (SSSR count). The third kappa shape index (κ3) is 5.21. The van der Waals surface area contributed by atoms with Crippen molar-refractivity contribution >= 4 is 17.9 Å². The standard InChI is InChI=1S/C39H61NO13/c1-9-19(3)32(44)52-31-29(43)28-22(17-40-16-18(2)10-11-26(40)36(28,8)47)23-15-37-30(38(23,31)48)24(42)14-25-34(37,6)13-12-27(39(25,49)53-37)51-33(45)35(7,46)20(4)50-21(5)41/h18-20,22-31,42-43,46-49H,9-17H2,1-8H3/t18-,19+,20-,22-,23-,24+,25-,26-,27-,28+,29+,30+,31-,34-,35-,36+,37+,38-,39+/m0/s1. The third-order valence-corrected chi connectivity index (χ3v) is 15.8. The number of fused-ring (bicyclic) bond motifs is 5. The molecule has 3 heterocycles. The minimum absolute atomic E-state index is 0.0532. The molecule has 0 aromatic carbocycles. The van der Waals surface area contributed by atoms with Crippen molar-refractivity contribution in [3.8, 4) is 0 Å². The molecule has 300 valence electrons. The van der Waals surface area contributed by atoms with Gasteiger partial charge in [0.25, 0.3) is 0 Å². The first-order valence-corrected chi connectivity index (χ1v) is 19.8. The molecular weight excluding hydrogens is 690 g/mol. The molecule has 0 unspecified atom stereocenters. The number of esters is 3. The van der Waals surface area contributed by atoms with E-state index in [1.165, 1.54) is 13.8 Å². The zero-order chi connectivity index (χ0) is 39.0. The average Bonchev–Trinajstić information content (AvgIpc) is 3.35. The van der Waals surface area contributed by atoms with Gasteiger partial charge in [-0.05, 0) is 83.5 Å². The highest BCUT2D eigenvalue weighted by Crippen LogP contribution is 2.77. The highest BCUT2D eigenvalue weighted by atomic mass is 16.7. The summed E-state index contributed by atoms with van der Waals surface area (Å²) in [6.07, 6.45) is -4.16. The van der Waals surface area contributed by atoms with E-state index in [1.807, 2.05) is 13.8 Å². The van der Waals surface area contributed by atoms with E-state index in [9.17, 15) is 45.0 Å². The molecule has 19 atom stereocenters. The van der Waals surface area contributed by atoms with Crippen LogP contribution in [0.25, 0.3) is 0 Å². The summed E-state index contributed by atoms with van der Waals surface area (Å²) in [6.45, 7) is 14.3. The number of carbonyl (C=O) groups excluding carboxylic acids is 3. The van der Waals surface area contributed by atoms with Crippen LogP contribution in [0, 0.1) is 46.8 Å². The van der Waals surface area contributed by atoms with Crippen LogP contribution in [0.5, 0.6) is 0 Å². The average molecular weight is 752 g/mol. The predicted molar refractivity (Wildman–Crippen MR) is 185 cm³/mol. The van der Waals surface area contributed by atoms with Crippen molar-refractivity contribution in [1.82, 2.24) is 4.90 Å². The lowest BCUT2D eigenvalue weighted by Crippen LogP contribution is -2.77. The van der Waals surface area contributed by atoms with E-state index >= 15 is 0 Å². The van der Waals surface area contributed by atoms with Crippen LogP contribution in [0.1, 0.15) is 100 Å². The summed E-state index contributed by atoms with van der Waals surface area (Å²) in [7, 11) is 0. The number of piperidine rings is 2. The fourth-order valence-electron chi connectivity index (χ4n) is 12.8. The van der Waals surface area contributed by atoms with Gasteiger partial charge in [-0.1, -0.05) is 27.7 Å². The van der Waals surface area contributed by atoms with Crippen molar-refractivity contribution in [2.45, 2.75) is 165 Å². The second-order valence-corrected chi connectivity index (χ2v) is 18.7. The quantitative estimate of drug-likeness (QED) is 0.159. The first-order valence-electron chi connectivity index (χ1n) is 19.8. The van der Waals surface area contributed by atoms with Gasteiger partial charge in [0.2, 0.25) is 5.79 Å². The van der Waals surface area contributed by atoms with Crippen LogP contribution in [0.4, 0.5) is 0 Å². The van der Waals surface area contributed by atoms with Gasteiger partial charge in [0.1, 0.15) is 11.7 Å². The molecule has 0 aromatic heterocycles. The minimum atomic E-state index is -2.26. The smallest absolute Gasteiger partial charge is 0.342 e. The SMILES string of the molecule is CC[C@@H](C)C(=O)O[C@H]1[C@H](O)[C@H]2[C@@H](CN3C[C@@H](C)CC[C@H]3[C@@]2(C)O)[C@@H]2C[C@]34O[C@@]5(O)[C@@H](OC(=O)[C@@](C)(O)[C@H](C)OC(C)=O)CC[C@@]3(C)[C@@H]5C[C@@H](O)[C@H]4[C@@]21O. The van der Waals surface area contributed by atoms with Crippen molar-refractivity contribution in [3.05, 3.63) is 0 Å². The highest BCUT2D eigenvalue weighted by Gasteiger charge is 2.87. The minimum Gasteiger partial charge on any atom is -0.459 e. The Morgan fingerprint density at radius 3 is 2.36 bits per heavy atom. The number of rotatable bonds is 7. The molecule has 0 aromatic rings. The number of carbonyl (C=O) groups is 3. The third-order valence-electron chi connectivity index (χ3n) is 15.8. The van der Waals surface area contributed by atoms with Gasteiger partial charge in [0, 0.05) is 49.2 Å². The fourth-order valence-corrected chi connectivity index (χ4v) is 12.8. The van der Waals surface area contributed by atoms with Crippen LogP contribution in [-0.4, -0.2) is 131 Å². The monoisotopic (exact) mass is 751 g/mol. The maximum absolute atomic E-state index is 13.6. The van der Waals surface area contributed by atoms with Crippen LogP contribution < -0.4 is 0 Å². The van der Waals surface area contributed by atoms with Crippen molar-refractivity contribution in [2.75, 3.05) is 13.1 Å². The molecule has 7 aliphatic rings. The van der Waals surface area contributed by atoms with Crippen molar-refractivity contribution < 1.29 is 64.0 Å². The van der Waals surface area contributed by atoms with Crippen LogP contribution in [0.3, 0.4) is 0 Å². The largest absolute Gasteiger partial charge is 0.459 e. The van der Waals surface area contributed by atoms with Gasteiger partial charge in [-0.2, -0.15) is 0 Å². The van der Waals surface area contributed by atoms with Crippen molar-refractivity contribution in [2.24, 2.45) is 46.8 Å². The summed E-state index contributed by atoms with van der Waals surface area (Å²) in [6, 6.07) is -0.250. The molecule has 14 heteroatoms. The first-order chi connectivity index (χ1) is 24.5. The molecule has 4 bridgehead atoms. The summed E-state index contributed by atoms with van der Waals surface area (Å²) in [5.41, 5.74) is -7.99. The second kappa shape index (κ2) is 12.5. The van der Waals surface area contributed by atoms with Gasteiger partial charge in [-0.3, -0.25) is 14.5 Å². The lowest BCUT2D eigenvalue weighted by Gasteiger charge is -2.64. The van der Waals surface area contributed by atoms with E-state index in [2.05, 4.69) is 11.8 Å². The Balaban J connectivity index is 1.31. The summed E-state index contributed by atoms with van der Waals surface area (Å²) < 4.78 is 24.0. The number of nitrogens with zero attached hydrogens (tertiary/aromatic N) is 1. The zero-order valence-electron chi connectivity index (χ0n) is 32.4. The summed E-state index contributed by atoms with van der Waals surface area (Å²) >= 11 is 0. The van der Waals surface area contributed by atoms with Gasteiger partial charge in [0.15, 0.2) is 17.8 Å². The molecule has 53 heavy (non-hydrogen) atoms. The lowest BCUT2D eigenvalue weighted by atomic mass is 9.49. The number of aliphatic hydroxyl groups is 6. The van der Waals surface area contributed by atoms with E-state index in [-0.39, 0.29) is 25.3 Å². The molecule has 3 saturated heterocycles. The Morgan fingerprint density at radius 2 is 1.72 bits per heavy atom. The number of hydrogen-bond donors (Lipinski definition) is 6. The van der Waals surface area contributed by atoms with Gasteiger partial charge >= 0.3 is 17.9 Å². The molecule has 6 N–H and O–H groups in total. The Kier molecular flexibility index (Phi) is 9.31. The van der Waals surface area contributed by atoms with Gasteiger partial charge in [0.05, 0.1) is 29.3 Å². The Labute approximate surface area is 311 Å². The molecule has 1 spiro atoms. The van der Waals surface area contributed by atoms with E-state index in [0.29, 0.717) is 25.3 Å². The van der Waals surface area contributed by atoms with Crippen LogP contribution in [-0.2, 0) is 33.3 Å². The molecule has 4 aliphatic carbocycles. The molecule has 0 amide bonds. The summed E-state index contributed by atoms with van der Waals surface area (Å²) in [5, 5.41) is 74.2. The van der Waals surface area contributed by atoms with E-state index in [4.69, 9.17) is 18.9 Å². The number of ether oxygens (including phenoxy) is 4. The second-order valence-electron chi connectivity index (χ2n) is 18.7. The van der Waals surface area contributed by atoms with E-state index in [0.717, 1.165) is 26.3 Å².